The minimum Gasteiger partial charge on any atom is -0.392 e. The average molecular weight is 245 g/mol. The summed E-state index contributed by atoms with van der Waals surface area (Å²) in [5.41, 5.74) is 8.83. The summed E-state index contributed by atoms with van der Waals surface area (Å²) in [7, 11) is 0. The zero-order valence-corrected chi connectivity index (χ0v) is 10.9. The first-order chi connectivity index (χ1) is 8.75. The van der Waals surface area contributed by atoms with Crippen molar-refractivity contribution in [3.8, 4) is 0 Å². The number of hydrogen-bond donors (Lipinski definition) is 2. The van der Waals surface area contributed by atoms with Crippen molar-refractivity contribution in [2.45, 2.75) is 44.6 Å². The van der Waals surface area contributed by atoms with Gasteiger partial charge < -0.3 is 10.8 Å². The van der Waals surface area contributed by atoms with Crippen LogP contribution in [-0.4, -0.2) is 17.8 Å². The molecule has 98 valence electrons. The molecule has 2 aliphatic carbocycles. The average Bonchev–Trinajstić information content (AvgIpc) is 2.36. The van der Waals surface area contributed by atoms with Crippen molar-refractivity contribution < 1.29 is 5.11 Å². The number of aryl methyl sites for hydroxylation is 1. The fourth-order valence-corrected chi connectivity index (χ4v) is 3.63. The molecule has 2 aliphatic rings. The molecule has 2 atom stereocenters. The van der Waals surface area contributed by atoms with Crippen LogP contribution in [0, 0.1) is 11.3 Å². The first-order valence-corrected chi connectivity index (χ1v) is 7.20. The first kappa shape index (κ1) is 12.2. The smallest absolute Gasteiger partial charge is 0.0639 e. The van der Waals surface area contributed by atoms with E-state index in [4.69, 9.17) is 5.73 Å². The first-order valence-electron chi connectivity index (χ1n) is 7.20. The van der Waals surface area contributed by atoms with Gasteiger partial charge in [0.05, 0.1) is 6.10 Å². The molecule has 1 fully saturated rings. The summed E-state index contributed by atoms with van der Waals surface area (Å²) in [6, 6.07) is 8.62. The van der Waals surface area contributed by atoms with Crippen LogP contribution in [0.4, 0.5) is 0 Å². The van der Waals surface area contributed by atoms with Crippen LogP contribution in [0.3, 0.4) is 0 Å². The number of fused-ring (bicyclic) bond motifs is 1. The Kier molecular flexibility index (Phi) is 3.16. The third-order valence-corrected chi connectivity index (χ3v) is 5.18. The van der Waals surface area contributed by atoms with Crippen molar-refractivity contribution in [3.05, 3.63) is 35.4 Å². The van der Waals surface area contributed by atoms with E-state index in [9.17, 15) is 5.11 Å². The third kappa shape index (κ3) is 1.88. The molecule has 0 amide bonds. The van der Waals surface area contributed by atoms with Gasteiger partial charge in [0, 0.05) is 12.0 Å². The lowest BCUT2D eigenvalue weighted by Crippen LogP contribution is -2.50. The van der Waals surface area contributed by atoms with Gasteiger partial charge in [0.2, 0.25) is 0 Å². The molecule has 0 spiro atoms. The summed E-state index contributed by atoms with van der Waals surface area (Å²) in [5, 5.41) is 10.7. The highest BCUT2D eigenvalue weighted by Gasteiger charge is 2.44. The zero-order chi connectivity index (χ0) is 12.6. The van der Waals surface area contributed by atoms with Gasteiger partial charge in [-0.05, 0) is 49.1 Å². The molecular weight excluding hydrogens is 222 g/mol. The number of nitrogens with two attached hydrogens (primary N) is 1. The number of hydrogen-bond acceptors (Lipinski definition) is 2. The van der Waals surface area contributed by atoms with Crippen molar-refractivity contribution in [2.75, 3.05) is 6.54 Å². The topological polar surface area (TPSA) is 46.2 Å². The predicted molar refractivity (Wildman–Crippen MR) is 73.3 cm³/mol. The number of aliphatic hydroxyl groups is 1. The lowest BCUT2D eigenvalue weighted by molar-refractivity contribution is -0.0480. The maximum Gasteiger partial charge on any atom is 0.0639 e. The molecule has 0 heterocycles. The SMILES string of the molecule is NCC1(C(O)C2CCC2)CCc2ccccc2C1. The summed E-state index contributed by atoms with van der Waals surface area (Å²) in [6.07, 6.45) is 6.51. The lowest BCUT2D eigenvalue weighted by Gasteiger charge is -2.46. The van der Waals surface area contributed by atoms with E-state index in [1.807, 2.05) is 0 Å². The third-order valence-electron chi connectivity index (χ3n) is 5.18. The molecular formula is C16H23NO. The van der Waals surface area contributed by atoms with Crippen LogP contribution >= 0.6 is 0 Å². The van der Waals surface area contributed by atoms with E-state index in [-0.39, 0.29) is 11.5 Å². The van der Waals surface area contributed by atoms with Crippen LogP contribution in [0.2, 0.25) is 0 Å². The molecule has 2 heteroatoms. The van der Waals surface area contributed by atoms with Gasteiger partial charge in [-0.1, -0.05) is 30.7 Å². The van der Waals surface area contributed by atoms with Gasteiger partial charge in [-0.25, -0.2) is 0 Å². The summed E-state index contributed by atoms with van der Waals surface area (Å²) in [5.74, 6) is 0.499. The van der Waals surface area contributed by atoms with Gasteiger partial charge in [-0.3, -0.25) is 0 Å². The van der Waals surface area contributed by atoms with E-state index in [2.05, 4.69) is 24.3 Å². The van der Waals surface area contributed by atoms with Gasteiger partial charge in [0.1, 0.15) is 0 Å². The Morgan fingerprint density at radius 3 is 2.61 bits per heavy atom. The molecule has 0 saturated heterocycles. The van der Waals surface area contributed by atoms with Crippen LogP contribution in [0.1, 0.15) is 36.8 Å². The van der Waals surface area contributed by atoms with Crippen LogP contribution in [0.5, 0.6) is 0 Å². The maximum atomic E-state index is 10.7. The number of rotatable bonds is 3. The Hall–Kier alpha value is -0.860. The largest absolute Gasteiger partial charge is 0.392 e. The summed E-state index contributed by atoms with van der Waals surface area (Å²) in [6.45, 7) is 0.610. The van der Waals surface area contributed by atoms with Crippen LogP contribution in [0.25, 0.3) is 0 Å². The number of benzene rings is 1. The van der Waals surface area contributed by atoms with E-state index >= 15 is 0 Å². The molecule has 3 N–H and O–H groups in total. The Morgan fingerprint density at radius 2 is 2.00 bits per heavy atom. The molecule has 2 unspecified atom stereocenters. The monoisotopic (exact) mass is 245 g/mol. The Bertz CT molecular complexity index is 427. The van der Waals surface area contributed by atoms with Gasteiger partial charge in [0.25, 0.3) is 0 Å². The molecule has 0 aliphatic heterocycles. The Morgan fingerprint density at radius 1 is 1.28 bits per heavy atom. The van der Waals surface area contributed by atoms with E-state index in [0.29, 0.717) is 12.5 Å². The number of aliphatic hydroxyl groups excluding tert-OH is 1. The van der Waals surface area contributed by atoms with E-state index < -0.39 is 0 Å². The Labute approximate surface area is 109 Å². The van der Waals surface area contributed by atoms with Crippen LogP contribution in [0.15, 0.2) is 24.3 Å². The highest BCUT2D eigenvalue weighted by atomic mass is 16.3. The summed E-state index contributed by atoms with van der Waals surface area (Å²) in [4.78, 5) is 0. The predicted octanol–water partition coefficient (Wildman–Crippen LogP) is 2.28. The molecule has 0 bridgehead atoms. The van der Waals surface area contributed by atoms with Gasteiger partial charge in [-0.15, -0.1) is 0 Å². The second-order valence-electron chi connectivity index (χ2n) is 6.15. The fourth-order valence-electron chi connectivity index (χ4n) is 3.63. The maximum absolute atomic E-state index is 10.7. The summed E-state index contributed by atoms with van der Waals surface area (Å²) < 4.78 is 0. The van der Waals surface area contributed by atoms with Crippen molar-refractivity contribution in [1.29, 1.82) is 0 Å². The van der Waals surface area contributed by atoms with Crippen molar-refractivity contribution in [3.63, 3.8) is 0 Å². The van der Waals surface area contributed by atoms with Gasteiger partial charge in [0.15, 0.2) is 0 Å². The molecule has 0 aromatic heterocycles. The normalized spacial score (nSPS) is 29.4. The molecule has 1 aromatic carbocycles. The minimum absolute atomic E-state index is 0.0700. The lowest BCUT2D eigenvalue weighted by atomic mass is 9.62. The fraction of sp³-hybridized carbons (Fsp3) is 0.625. The van der Waals surface area contributed by atoms with Gasteiger partial charge >= 0.3 is 0 Å². The molecule has 18 heavy (non-hydrogen) atoms. The molecule has 1 aromatic rings. The van der Waals surface area contributed by atoms with Crippen LogP contribution in [-0.2, 0) is 12.8 Å². The van der Waals surface area contributed by atoms with Crippen molar-refractivity contribution >= 4 is 0 Å². The van der Waals surface area contributed by atoms with Crippen molar-refractivity contribution in [2.24, 2.45) is 17.1 Å². The molecule has 1 saturated carbocycles. The van der Waals surface area contributed by atoms with E-state index in [0.717, 1.165) is 19.3 Å². The van der Waals surface area contributed by atoms with E-state index in [1.54, 1.807) is 0 Å². The molecule has 2 nitrogen and oxygen atoms in total. The highest BCUT2D eigenvalue weighted by molar-refractivity contribution is 5.31. The zero-order valence-electron chi connectivity index (χ0n) is 10.9. The molecule has 3 rings (SSSR count). The highest BCUT2D eigenvalue weighted by Crippen LogP contribution is 2.44. The van der Waals surface area contributed by atoms with Crippen molar-refractivity contribution in [1.82, 2.24) is 0 Å². The van der Waals surface area contributed by atoms with Gasteiger partial charge in [-0.2, -0.15) is 0 Å². The second-order valence-corrected chi connectivity index (χ2v) is 6.15. The van der Waals surface area contributed by atoms with E-state index in [1.165, 1.54) is 30.4 Å². The second kappa shape index (κ2) is 4.67. The van der Waals surface area contributed by atoms with Crippen LogP contribution < -0.4 is 5.73 Å². The quantitative estimate of drug-likeness (QED) is 0.858. The Balaban J connectivity index is 1.85. The minimum atomic E-state index is -0.204. The molecule has 0 radical (unpaired) electrons. The standard InChI is InChI=1S/C16H23NO/c17-11-16(15(18)13-6-3-7-13)9-8-12-4-1-2-5-14(12)10-16/h1-2,4-5,13,15,18H,3,6-11,17H2. The summed E-state index contributed by atoms with van der Waals surface area (Å²) >= 11 is 0.